The van der Waals surface area contributed by atoms with Gasteiger partial charge in [-0.3, -0.25) is 0 Å². The molecule has 0 saturated carbocycles. The van der Waals surface area contributed by atoms with Gasteiger partial charge in [0.1, 0.15) is 5.75 Å². The van der Waals surface area contributed by atoms with Crippen molar-refractivity contribution in [2.45, 2.75) is 12.5 Å². The van der Waals surface area contributed by atoms with Crippen molar-refractivity contribution in [1.29, 1.82) is 0 Å². The van der Waals surface area contributed by atoms with Crippen LogP contribution in [0.15, 0.2) is 12.1 Å². The summed E-state index contributed by atoms with van der Waals surface area (Å²) in [6, 6.07) is 3.39. The molecule has 0 fully saturated rings. The van der Waals surface area contributed by atoms with Crippen LogP contribution in [0.1, 0.15) is 18.1 Å². The molecule has 3 N–H and O–H groups in total. The zero-order valence-corrected chi connectivity index (χ0v) is 10.4. The standard InChI is InChI=1S/C12H19NO4/c1-15-10-7-12(17-3)11(16-2)6-8(10)9(14)4-5-13/h6-7,9,14H,4-5,13H2,1-3H3/t9-/m1/s1. The van der Waals surface area contributed by atoms with E-state index in [1.165, 1.54) is 0 Å². The number of nitrogens with two attached hydrogens (primary N) is 1. The molecule has 5 nitrogen and oxygen atoms in total. The highest BCUT2D eigenvalue weighted by atomic mass is 16.5. The number of hydrogen-bond donors (Lipinski definition) is 2. The minimum absolute atomic E-state index is 0.401. The molecule has 5 heteroatoms. The first-order valence-corrected chi connectivity index (χ1v) is 5.36. The topological polar surface area (TPSA) is 73.9 Å². The third-order valence-corrected chi connectivity index (χ3v) is 2.53. The fourth-order valence-corrected chi connectivity index (χ4v) is 1.63. The Bertz CT molecular complexity index is 368. The van der Waals surface area contributed by atoms with E-state index in [1.54, 1.807) is 33.5 Å². The summed E-state index contributed by atoms with van der Waals surface area (Å²) in [7, 11) is 4.64. The van der Waals surface area contributed by atoms with Crippen molar-refractivity contribution >= 4 is 0 Å². The minimum Gasteiger partial charge on any atom is -0.496 e. The van der Waals surface area contributed by atoms with Gasteiger partial charge in [-0.25, -0.2) is 0 Å². The van der Waals surface area contributed by atoms with Crippen molar-refractivity contribution in [1.82, 2.24) is 0 Å². The van der Waals surface area contributed by atoms with E-state index in [2.05, 4.69) is 0 Å². The molecule has 17 heavy (non-hydrogen) atoms. The van der Waals surface area contributed by atoms with E-state index in [9.17, 15) is 5.11 Å². The fraction of sp³-hybridized carbons (Fsp3) is 0.500. The predicted octanol–water partition coefficient (Wildman–Crippen LogP) is 1.09. The number of benzene rings is 1. The Kier molecular flexibility index (Phi) is 5.06. The van der Waals surface area contributed by atoms with Crippen LogP contribution in [0.4, 0.5) is 0 Å². The van der Waals surface area contributed by atoms with E-state index in [1.807, 2.05) is 0 Å². The normalized spacial score (nSPS) is 12.1. The third kappa shape index (κ3) is 3.01. The van der Waals surface area contributed by atoms with Crippen LogP contribution in [-0.2, 0) is 0 Å². The number of rotatable bonds is 6. The van der Waals surface area contributed by atoms with Gasteiger partial charge < -0.3 is 25.1 Å². The minimum atomic E-state index is -0.672. The Labute approximate surface area is 101 Å². The molecule has 0 aromatic heterocycles. The van der Waals surface area contributed by atoms with Crippen molar-refractivity contribution in [2.24, 2.45) is 5.73 Å². The molecule has 0 aliphatic heterocycles. The highest BCUT2D eigenvalue weighted by Crippen LogP contribution is 2.38. The summed E-state index contributed by atoms with van der Waals surface area (Å²) in [5.41, 5.74) is 6.08. The molecule has 1 aromatic rings. The average molecular weight is 241 g/mol. The van der Waals surface area contributed by atoms with Crippen molar-refractivity contribution in [3.05, 3.63) is 17.7 Å². The maximum Gasteiger partial charge on any atom is 0.164 e. The molecule has 0 aliphatic rings. The predicted molar refractivity (Wildman–Crippen MR) is 64.7 cm³/mol. The van der Waals surface area contributed by atoms with E-state index in [-0.39, 0.29) is 0 Å². The van der Waals surface area contributed by atoms with Gasteiger partial charge in [-0.05, 0) is 19.0 Å². The van der Waals surface area contributed by atoms with Gasteiger partial charge in [-0.15, -0.1) is 0 Å². The number of methoxy groups -OCH3 is 3. The van der Waals surface area contributed by atoms with Gasteiger partial charge in [-0.2, -0.15) is 0 Å². The highest BCUT2D eigenvalue weighted by molar-refractivity contribution is 5.51. The summed E-state index contributed by atoms with van der Waals surface area (Å²) < 4.78 is 15.6. The average Bonchev–Trinajstić information content (AvgIpc) is 2.37. The van der Waals surface area contributed by atoms with E-state index >= 15 is 0 Å². The van der Waals surface area contributed by atoms with Gasteiger partial charge in [0, 0.05) is 11.6 Å². The Hall–Kier alpha value is -1.46. The lowest BCUT2D eigenvalue weighted by molar-refractivity contribution is 0.165. The maximum atomic E-state index is 9.96. The molecule has 0 saturated heterocycles. The SMILES string of the molecule is COc1cc(OC)c([C@H](O)CCN)cc1OC. The van der Waals surface area contributed by atoms with Crippen molar-refractivity contribution in [3.63, 3.8) is 0 Å². The van der Waals surface area contributed by atoms with Crippen LogP contribution < -0.4 is 19.9 Å². The van der Waals surface area contributed by atoms with Crippen LogP contribution in [0.25, 0.3) is 0 Å². The molecule has 0 radical (unpaired) electrons. The number of ether oxygens (including phenoxy) is 3. The van der Waals surface area contributed by atoms with Gasteiger partial charge in [0.2, 0.25) is 0 Å². The van der Waals surface area contributed by atoms with Crippen LogP contribution in [0.3, 0.4) is 0 Å². The number of aliphatic hydroxyl groups excluding tert-OH is 1. The van der Waals surface area contributed by atoms with E-state index in [0.717, 1.165) is 0 Å². The lowest BCUT2D eigenvalue weighted by Gasteiger charge is -2.17. The van der Waals surface area contributed by atoms with E-state index < -0.39 is 6.10 Å². The second-order valence-corrected chi connectivity index (χ2v) is 3.54. The molecule has 0 aliphatic carbocycles. The molecule has 0 heterocycles. The van der Waals surface area contributed by atoms with Crippen molar-refractivity contribution < 1.29 is 19.3 Å². The summed E-state index contributed by atoms with van der Waals surface area (Å²) in [5, 5.41) is 9.96. The third-order valence-electron chi connectivity index (χ3n) is 2.53. The molecule has 0 spiro atoms. The Morgan fingerprint density at radius 3 is 2.06 bits per heavy atom. The molecule has 0 bridgehead atoms. The zero-order valence-electron chi connectivity index (χ0n) is 10.4. The quantitative estimate of drug-likeness (QED) is 0.780. The molecular weight excluding hydrogens is 222 g/mol. The lowest BCUT2D eigenvalue weighted by Crippen LogP contribution is -2.08. The first-order chi connectivity index (χ1) is 8.17. The monoisotopic (exact) mass is 241 g/mol. The second-order valence-electron chi connectivity index (χ2n) is 3.54. The van der Waals surface area contributed by atoms with E-state index in [4.69, 9.17) is 19.9 Å². The van der Waals surface area contributed by atoms with Gasteiger partial charge in [0.05, 0.1) is 27.4 Å². The summed E-state index contributed by atoms with van der Waals surface area (Å²) in [6.45, 7) is 0.401. The molecular formula is C12H19NO4. The summed E-state index contributed by atoms with van der Waals surface area (Å²) in [4.78, 5) is 0. The lowest BCUT2D eigenvalue weighted by atomic mass is 10.0. The maximum absolute atomic E-state index is 9.96. The summed E-state index contributed by atoms with van der Waals surface area (Å²) in [6.07, 6.45) is -0.207. The van der Waals surface area contributed by atoms with Crippen molar-refractivity contribution in [2.75, 3.05) is 27.9 Å². The van der Waals surface area contributed by atoms with Gasteiger partial charge in [0.25, 0.3) is 0 Å². The first-order valence-electron chi connectivity index (χ1n) is 5.36. The number of hydrogen-bond acceptors (Lipinski definition) is 5. The molecule has 1 aromatic carbocycles. The van der Waals surface area contributed by atoms with Crippen LogP contribution in [-0.4, -0.2) is 33.0 Å². The largest absolute Gasteiger partial charge is 0.496 e. The van der Waals surface area contributed by atoms with Gasteiger partial charge in [0.15, 0.2) is 11.5 Å². The summed E-state index contributed by atoms with van der Waals surface area (Å²) >= 11 is 0. The number of aliphatic hydroxyl groups is 1. The highest BCUT2D eigenvalue weighted by Gasteiger charge is 2.17. The molecule has 0 unspecified atom stereocenters. The Balaban J connectivity index is 3.18. The molecule has 96 valence electrons. The molecule has 0 amide bonds. The van der Waals surface area contributed by atoms with Gasteiger partial charge >= 0.3 is 0 Å². The molecule has 1 atom stereocenters. The zero-order chi connectivity index (χ0) is 12.8. The Morgan fingerprint density at radius 2 is 1.59 bits per heavy atom. The first kappa shape index (κ1) is 13.6. The van der Waals surface area contributed by atoms with Gasteiger partial charge in [-0.1, -0.05) is 0 Å². The summed E-state index contributed by atoms with van der Waals surface area (Å²) in [5.74, 6) is 1.68. The second kappa shape index (κ2) is 6.32. The Morgan fingerprint density at radius 1 is 1.06 bits per heavy atom. The van der Waals surface area contributed by atoms with Crippen LogP contribution in [0, 0.1) is 0 Å². The smallest absolute Gasteiger partial charge is 0.164 e. The van der Waals surface area contributed by atoms with Crippen molar-refractivity contribution in [3.8, 4) is 17.2 Å². The van der Waals surface area contributed by atoms with E-state index in [0.29, 0.717) is 35.8 Å². The molecule has 1 rings (SSSR count). The fourth-order valence-electron chi connectivity index (χ4n) is 1.63. The van der Waals surface area contributed by atoms with Crippen LogP contribution in [0.2, 0.25) is 0 Å². The van der Waals surface area contributed by atoms with Crippen LogP contribution >= 0.6 is 0 Å². The van der Waals surface area contributed by atoms with Crippen LogP contribution in [0.5, 0.6) is 17.2 Å².